The van der Waals surface area contributed by atoms with Crippen molar-refractivity contribution >= 4 is 0 Å². The van der Waals surface area contributed by atoms with Crippen LogP contribution in [0.1, 0.15) is 32.3 Å². The second kappa shape index (κ2) is 4.97. The molecule has 0 aliphatic heterocycles. The number of rotatable bonds is 4. The molecule has 0 heteroatoms. The molecule has 0 heterocycles. The summed E-state index contributed by atoms with van der Waals surface area (Å²) in [5.74, 6) is 0.868. The van der Waals surface area contributed by atoms with Gasteiger partial charge in [0.05, 0.1) is 0 Å². The van der Waals surface area contributed by atoms with E-state index in [0.717, 1.165) is 5.92 Å². The van der Waals surface area contributed by atoms with Gasteiger partial charge in [-0.2, -0.15) is 0 Å². The third-order valence-corrected chi connectivity index (χ3v) is 2.52. The zero-order valence-electron chi connectivity index (χ0n) is 8.09. The summed E-state index contributed by atoms with van der Waals surface area (Å²) in [6.07, 6.45) is 3.84. The van der Waals surface area contributed by atoms with Crippen LogP contribution in [-0.2, 0) is 6.42 Å². The summed E-state index contributed by atoms with van der Waals surface area (Å²) in [6, 6.07) is 10.8. The van der Waals surface area contributed by atoms with E-state index in [4.69, 9.17) is 0 Å². The van der Waals surface area contributed by atoms with Crippen molar-refractivity contribution in [3.8, 4) is 0 Å². The zero-order valence-corrected chi connectivity index (χ0v) is 8.09. The smallest absolute Gasteiger partial charge is 0.0251 e. The topological polar surface area (TPSA) is 0 Å². The first kappa shape index (κ1) is 9.31. The Bertz CT molecular complexity index is 197. The molecule has 0 unspecified atom stereocenters. The minimum Gasteiger partial charge on any atom is -0.0651 e. The highest BCUT2D eigenvalue weighted by molar-refractivity contribution is 5.15. The van der Waals surface area contributed by atoms with Gasteiger partial charge in [-0.05, 0) is 17.9 Å². The van der Waals surface area contributed by atoms with Gasteiger partial charge in [0.25, 0.3) is 0 Å². The Morgan fingerprint density at radius 2 is 1.58 bits per heavy atom. The molecule has 66 valence electrons. The van der Waals surface area contributed by atoms with E-state index in [2.05, 4.69) is 44.2 Å². The number of hydrogen-bond donors (Lipinski definition) is 0. The fourth-order valence-corrected chi connectivity index (χ4v) is 1.52. The fraction of sp³-hybridized carbons (Fsp3) is 0.500. The molecule has 0 N–H and O–H groups in total. The van der Waals surface area contributed by atoms with Gasteiger partial charge >= 0.3 is 0 Å². The summed E-state index contributed by atoms with van der Waals surface area (Å²) in [6.45, 7) is 4.55. The van der Waals surface area contributed by atoms with Crippen LogP contribution in [-0.4, -0.2) is 0 Å². The Hall–Kier alpha value is -0.780. The molecular weight excluding hydrogens is 144 g/mol. The molecule has 1 aromatic rings. The first-order valence-corrected chi connectivity index (χ1v) is 4.90. The van der Waals surface area contributed by atoms with Crippen LogP contribution in [0.4, 0.5) is 0 Å². The molecular formula is C12H18. The van der Waals surface area contributed by atoms with E-state index >= 15 is 0 Å². The molecule has 0 saturated carbocycles. The van der Waals surface area contributed by atoms with Gasteiger partial charge in [0, 0.05) is 0 Å². The van der Waals surface area contributed by atoms with Gasteiger partial charge in [0.2, 0.25) is 0 Å². The van der Waals surface area contributed by atoms with E-state index in [1.807, 2.05) is 0 Å². The van der Waals surface area contributed by atoms with E-state index in [1.165, 1.54) is 24.8 Å². The van der Waals surface area contributed by atoms with Crippen molar-refractivity contribution in [3.05, 3.63) is 35.9 Å². The fourth-order valence-electron chi connectivity index (χ4n) is 1.52. The lowest BCUT2D eigenvalue weighted by Crippen LogP contribution is -2.00. The van der Waals surface area contributed by atoms with Crippen molar-refractivity contribution < 1.29 is 0 Å². The zero-order chi connectivity index (χ0) is 8.81. The summed E-state index contributed by atoms with van der Waals surface area (Å²) >= 11 is 0. The average molecular weight is 162 g/mol. The Balaban J connectivity index is 2.51. The Labute approximate surface area is 75.6 Å². The lowest BCUT2D eigenvalue weighted by Gasteiger charge is -2.11. The lowest BCUT2D eigenvalue weighted by atomic mass is 9.95. The highest BCUT2D eigenvalue weighted by atomic mass is 14.1. The molecule has 0 radical (unpaired) electrons. The van der Waals surface area contributed by atoms with Crippen LogP contribution < -0.4 is 0 Å². The maximum Gasteiger partial charge on any atom is -0.0251 e. The SMILES string of the molecule is CCC(CC)Cc1ccccc1. The van der Waals surface area contributed by atoms with Crippen molar-refractivity contribution in [1.82, 2.24) is 0 Å². The molecule has 0 amide bonds. The van der Waals surface area contributed by atoms with Gasteiger partial charge in [-0.15, -0.1) is 0 Å². The van der Waals surface area contributed by atoms with Gasteiger partial charge in [0.15, 0.2) is 0 Å². The van der Waals surface area contributed by atoms with E-state index in [9.17, 15) is 0 Å². The average Bonchev–Trinajstić information content (AvgIpc) is 2.16. The molecule has 1 rings (SSSR count). The van der Waals surface area contributed by atoms with Crippen molar-refractivity contribution in [1.29, 1.82) is 0 Å². The minimum absolute atomic E-state index is 0.868. The molecule has 0 nitrogen and oxygen atoms in total. The van der Waals surface area contributed by atoms with E-state index < -0.39 is 0 Å². The van der Waals surface area contributed by atoms with Gasteiger partial charge < -0.3 is 0 Å². The van der Waals surface area contributed by atoms with Crippen LogP contribution in [0, 0.1) is 5.92 Å². The van der Waals surface area contributed by atoms with E-state index in [-0.39, 0.29) is 0 Å². The third kappa shape index (κ3) is 2.69. The first-order chi connectivity index (χ1) is 5.86. The standard InChI is InChI=1S/C12H18/c1-3-11(4-2)10-12-8-6-5-7-9-12/h5-9,11H,3-4,10H2,1-2H3. The minimum atomic E-state index is 0.868. The second-order valence-corrected chi connectivity index (χ2v) is 3.37. The molecule has 0 aliphatic rings. The van der Waals surface area contributed by atoms with Crippen molar-refractivity contribution in [2.24, 2.45) is 5.92 Å². The molecule has 1 aromatic carbocycles. The van der Waals surface area contributed by atoms with E-state index in [1.54, 1.807) is 0 Å². The predicted octanol–water partition coefficient (Wildman–Crippen LogP) is 3.67. The molecule has 0 bridgehead atoms. The van der Waals surface area contributed by atoms with Gasteiger partial charge in [-0.25, -0.2) is 0 Å². The van der Waals surface area contributed by atoms with Crippen molar-refractivity contribution in [3.63, 3.8) is 0 Å². The monoisotopic (exact) mass is 162 g/mol. The third-order valence-electron chi connectivity index (χ3n) is 2.52. The Kier molecular flexibility index (Phi) is 3.86. The predicted molar refractivity (Wildman–Crippen MR) is 54.2 cm³/mol. The number of benzene rings is 1. The van der Waals surface area contributed by atoms with Gasteiger partial charge in [0.1, 0.15) is 0 Å². The molecule has 0 fully saturated rings. The maximum absolute atomic E-state index is 2.27. The largest absolute Gasteiger partial charge is 0.0651 e. The molecule has 0 aromatic heterocycles. The maximum atomic E-state index is 2.27. The summed E-state index contributed by atoms with van der Waals surface area (Å²) in [7, 11) is 0. The van der Waals surface area contributed by atoms with Crippen LogP contribution in [0.25, 0.3) is 0 Å². The highest BCUT2D eigenvalue weighted by Gasteiger charge is 2.03. The lowest BCUT2D eigenvalue weighted by molar-refractivity contribution is 0.490. The Morgan fingerprint density at radius 3 is 2.08 bits per heavy atom. The second-order valence-electron chi connectivity index (χ2n) is 3.37. The quantitative estimate of drug-likeness (QED) is 0.633. The van der Waals surface area contributed by atoms with Gasteiger partial charge in [-0.3, -0.25) is 0 Å². The van der Waals surface area contributed by atoms with Crippen molar-refractivity contribution in [2.45, 2.75) is 33.1 Å². The normalized spacial score (nSPS) is 10.6. The molecule has 0 aliphatic carbocycles. The molecule has 0 saturated heterocycles. The number of hydrogen-bond acceptors (Lipinski definition) is 0. The van der Waals surface area contributed by atoms with Crippen LogP contribution in [0.5, 0.6) is 0 Å². The molecule has 0 atom stereocenters. The van der Waals surface area contributed by atoms with Crippen LogP contribution >= 0.6 is 0 Å². The van der Waals surface area contributed by atoms with Gasteiger partial charge in [-0.1, -0.05) is 57.0 Å². The van der Waals surface area contributed by atoms with Crippen LogP contribution in [0.2, 0.25) is 0 Å². The molecule has 0 spiro atoms. The summed E-state index contributed by atoms with van der Waals surface area (Å²) < 4.78 is 0. The first-order valence-electron chi connectivity index (χ1n) is 4.90. The highest BCUT2D eigenvalue weighted by Crippen LogP contribution is 2.14. The summed E-state index contributed by atoms with van der Waals surface area (Å²) in [5, 5.41) is 0. The van der Waals surface area contributed by atoms with Crippen LogP contribution in [0.3, 0.4) is 0 Å². The summed E-state index contributed by atoms with van der Waals surface area (Å²) in [5.41, 5.74) is 1.48. The van der Waals surface area contributed by atoms with Crippen LogP contribution in [0.15, 0.2) is 30.3 Å². The Morgan fingerprint density at radius 1 is 1.00 bits per heavy atom. The van der Waals surface area contributed by atoms with E-state index in [0.29, 0.717) is 0 Å². The molecule has 12 heavy (non-hydrogen) atoms. The van der Waals surface area contributed by atoms with Crippen molar-refractivity contribution in [2.75, 3.05) is 0 Å². The summed E-state index contributed by atoms with van der Waals surface area (Å²) in [4.78, 5) is 0.